The van der Waals surface area contributed by atoms with Crippen molar-refractivity contribution >= 4 is 21.6 Å². The molecule has 6 nitrogen and oxygen atoms in total. The molecular formula is C23H31N3O3S. The minimum absolute atomic E-state index is 0.168. The van der Waals surface area contributed by atoms with E-state index in [2.05, 4.69) is 24.4 Å². The number of aryl methyl sites for hydroxylation is 1. The molecule has 2 aromatic carbocycles. The van der Waals surface area contributed by atoms with Gasteiger partial charge in [-0.3, -0.25) is 9.69 Å². The Hall–Kier alpha value is -2.22. The van der Waals surface area contributed by atoms with Crippen molar-refractivity contribution in [1.82, 2.24) is 9.21 Å². The van der Waals surface area contributed by atoms with Gasteiger partial charge in [0.2, 0.25) is 15.9 Å². The largest absolute Gasteiger partial charge is 0.325 e. The van der Waals surface area contributed by atoms with Crippen LogP contribution in [0.25, 0.3) is 0 Å². The summed E-state index contributed by atoms with van der Waals surface area (Å²) in [4.78, 5) is 15.0. The maximum absolute atomic E-state index is 12.9. The van der Waals surface area contributed by atoms with Crippen LogP contribution < -0.4 is 5.32 Å². The average molecular weight is 430 g/mol. The second-order valence-electron chi connectivity index (χ2n) is 8.00. The van der Waals surface area contributed by atoms with E-state index < -0.39 is 10.0 Å². The van der Waals surface area contributed by atoms with Crippen LogP contribution in [0.5, 0.6) is 0 Å². The Bertz CT molecular complexity index is 985. The summed E-state index contributed by atoms with van der Waals surface area (Å²) in [5.41, 5.74) is 2.86. The standard InChI is InChI=1S/C23H31N3O3S/c1-18-10-5-6-11-20(18)17-25(3)19(2)23(27)24-21-12-9-13-22(16-21)30(28,29)26-14-7-4-8-15-26/h5-6,9-13,16,19H,4,7-8,14-15,17H2,1-3H3,(H,24,27). The number of sulfonamides is 1. The molecule has 1 amide bonds. The Morgan fingerprint density at radius 2 is 1.80 bits per heavy atom. The molecule has 1 heterocycles. The molecule has 0 bridgehead atoms. The molecule has 0 spiro atoms. The highest BCUT2D eigenvalue weighted by Crippen LogP contribution is 2.23. The molecule has 1 saturated heterocycles. The van der Waals surface area contributed by atoms with Crippen LogP contribution in [0.2, 0.25) is 0 Å². The van der Waals surface area contributed by atoms with Crippen LogP contribution in [0.15, 0.2) is 53.4 Å². The number of anilines is 1. The zero-order chi connectivity index (χ0) is 21.7. The van der Waals surface area contributed by atoms with Gasteiger partial charge in [0.25, 0.3) is 0 Å². The van der Waals surface area contributed by atoms with Crippen molar-refractivity contribution in [3.8, 4) is 0 Å². The van der Waals surface area contributed by atoms with Gasteiger partial charge in [0, 0.05) is 25.3 Å². The number of nitrogens with one attached hydrogen (secondary N) is 1. The lowest BCUT2D eigenvalue weighted by molar-refractivity contribution is -0.120. The second-order valence-corrected chi connectivity index (χ2v) is 9.94. The Morgan fingerprint density at radius 1 is 1.10 bits per heavy atom. The number of rotatable bonds is 7. The van der Waals surface area contributed by atoms with Crippen LogP contribution in [0.4, 0.5) is 5.69 Å². The number of nitrogens with zero attached hydrogens (tertiary/aromatic N) is 2. The fourth-order valence-electron chi connectivity index (χ4n) is 3.63. The molecule has 1 N–H and O–H groups in total. The summed E-state index contributed by atoms with van der Waals surface area (Å²) in [5, 5.41) is 2.87. The quantitative estimate of drug-likeness (QED) is 0.730. The summed E-state index contributed by atoms with van der Waals surface area (Å²) in [5.74, 6) is -0.168. The van der Waals surface area contributed by atoms with Gasteiger partial charge in [0.15, 0.2) is 0 Å². The highest BCUT2D eigenvalue weighted by Gasteiger charge is 2.26. The van der Waals surface area contributed by atoms with Crippen molar-refractivity contribution in [2.24, 2.45) is 0 Å². The van der Waals surface area contributed by atoms with Gasteiger partial charge in [0.05, 0.1) is 10.9 Å². The molecule has 2 aromatic rings. The van der Waals surface area contributed by atoms with Crippen molar-refractivity contribution in [3.05, 3.63) is 59.7 Å². The van der Waals surface area contributed by atoms with Gasteiger partial charge in [0.1, 0.15) is 0 Å². The van der Waals surface area contributed by atoms with E-state index in [-0.39, 0.29) is 16.8 Å². The van der Waals surface area contributed by atoms with E-state index in [0.29, 0.717) is 25.3 Å². The van der Waals surface area contributed by atoms with E-state index in [1.165, 1.54) is 15.4 Å². The number of hydrogen-bond acceptors (Lipinski definition) is 4. The molecule has 1 aliphatic rings. The first kappa shape index (κ1) is 22.5. The summed E-state index contributed by atoms with van der Waals surface area (Å²) >= 11 is 0. The van der Waals surface area contributed by atoms with Crippen LogP contribution in [0.1, 0.15) is 37.3 Å². The van der Waals surface area contributed by atoms with E-state index in [0.717, 1.165) is 19.3 Å². The SMILES string of the molecule is Cc1ccccc1CN(C)C(C)C(=O)Nc1cccc(S(=O)(=O)N2CCCCC2)c1. The number of carbonyl (C=O) groups is 1. The number of likely N-dealkylation sites (N-methyl/N-ethyl adjacent to an activating group) is 1. The molecular weight excluding hydrogens is 398 g/mol. The van der Waals surface area contributed by atoms with Crippen LogP contribution in [0, 0.1) is 6.92 Å². The minimum atomic E-state index is -3.53. The Morgan fingerprint density at radius 3 is 2.50 bits per heavy atom. The van der Waals surface area contributed by atoms with Crippen molar-refractivity contribution in [2.75, 3.05) is 25.5 Å². The first-order chi connectivity index (χ1) is 14.3. The number of benzene rings is 2. The normalized spacial score (nSPS) is 16.4. The van der Waals surface area contributed by atoms with Crippen LogP contribution >= 0.6 is 0 Å². The van der Waals surface area contributed by atoms with E-state index in [1.807, 2.05) is 31.0 Å². The molecule has 0 aromatic heterocycles. The van der Waals surface area contributed by atoms with Gasteiger partial charge in [-0.05, 0) is 63.1 Å². The molecule has 1 atom stereocenters. The third-order valence-corrected chi connectivity index (χ3v) is 7.67. The summed E-state index contributed by atoms with van der Waals surface area (Å²) in [7, 11) is -1.62. The van der Waals surface area contributed by atoms with Crippen LogP contribution in [0.3, 0.4) is 0 Å². The topological polar surface area (TPSA) is 69.7 Å². The molecule has 0 aliphatic carbocycles. The van der Waals surface area contributed by atoms with Crippen molar-refractivity contribution in [3.63, 3.8) is 0 Å². The number of hydrogen-bond donors (Lipinski definition) is 1. The van der Waals surface area contributed by atoms with Gasteiger partial charge in [-0.25, -0.2) is 8.42 Å². The van der Waals surface area contributed by atoms with Gasteiger partial charge in [-0.1, -0.05) is 36.8 Å². The first-order valence-electron chi connectivity index (χ1n) is 10.4. The molecule has 162 valence electrons. The molecule has 1 fully saturated rings. The van der Waals surface area contributed by atoms with Crippen molar-refractivity contribution in [1.29, 1.82) is 0 Å². The number of carbonyl (C=O) groups excluding carboxylic acids is 1. The predicted molar refractivity (Wildman–Crippen MR) is 120 cm³/mol. The van der Waals surface area contributed by atoms with Gasteiger partial charge in [-0.2, -0.15) is 4.31 Å². The first-order valence-corrected chi connectivity index (χ1v) is 11.9. The highest BCUT2D eigenvalue weighted by atomic mass is 32.2. The zero-order valence-electron chi connectivity index (χ0n) is 18.0. The van der Waals surface area contributed by atoms with Gasteiger partial charge >= 0.3 is 0 Å². The van der Waals surface area contributed by atoms with Crippen molar-refractivity contribution in [2.45, 2.75) is 50.6 Å². The minimum Gasteiger partial charge on any atom is -0.325 e. The summed E-state index contributed by atoms with van der Waals surface area (Å²) in [6, 6.07) is 14.3. The third kappa shape index (κ3) is 5.28. The molecule has 3 rings (SSSR count). The summed E-state index contributed by atoms with van der Waals surface area (Å²) < 4.78 is 27.4. The molecule has 1 unspecified atom stereocenters. The molecule has 0 saturated carbocycles. The lowest BCUT2D eigenvalue weighted by Crippen LogP contribution is -2.39. The van der Waals surface area contributed by atoms with E-state index in [4.69, 9.17) is 0 Å². The van der Waals surface area contributed by atoms with E-state index in [1.54, 1.807) is 24.3 Å². The smallest absolute Gasteiger partial charge is 0.243 e. The van der Waals surface area contributed by atoms with Gasteiger partial charge < -0.3 is 5.32 Å². The Labute approximate surface area is 179 Å². The number of amides is 1. The molecule has 0 radical (unpaired) electrons. The van der Waals surface area contributed by atoms with Crippen LogP contribution in [-0.2, 0) is 21.4 Å². The van der Waals surface area contributed by atoms with Gasteiger partial charge in [-0.15, -0.1) is 0 Å². The Balaban J connectivity index is 1.67. The lowest BCUT2D eigenvalue weighted by Gasteiger charge is -2.26. The third-order valence-electron chi connectivity index (χ3n) is 5.78. The molecule has 30 heavy (non-hydrogen) atoms. The molecule has 1 aliphatic heterocycles. The average Bonchev–Trinajstić information content (AvgIpc) is 2.75. The van der Waals surface area contributed by atoms with E-state index >= 15 is 0 Å². The fraction of sp³-hybridized carbons (Fsp3) is 0.435. The Kier molecular flexibility index (Phi) is 7.28. The number of piperidine rings is 1. The zero-order valence-corrected chi connectivity index (χ0v) is 18.8. The fourth-order valence-corrected chi connectivity index (χ4v) is 5.19. The summed E-state index contributed by atoms with van der Waals surface area (Å²) in [6.45, 7) is 5.67. The second kappa shape index (κ2) is 9.73. The monoisotopic (exact) mass is 429 g/mol. The summed E-state index contributed by atoms with van der Waals surface area (Å²) in [6.07, 6.45) is 2.84. The van der Waals surface area contributed by atoms with E-state index in [9.17, 15) is 13.2 Å². The highest BCUT2D eigenvalue weighted by molar-refractivity contribution is 7.89. The van der Waals surface area contributed by atoms with Crippen molar-refractivity contribution < 1.29 is 13.2 Å². The molecule has 7 heteroatoms. The maximum Gasteiger partial charge on any atom is 0.243 e. The maximum atomic E-state index is 12.9. The van der Waals surface area contributed by atoms with Crippen LogP contribution in [-0.4, -0.2) is 49.7 Å². The predicted octanol–water partition coefficient (Wildman–Crippen LogP) is 3.63. The lowest BCUT2D eigenvalue weighted by atomic mass is 10.1.